The molecule has 0 bridgehead atoms. The number of methoxy groups -OCH3 is 1. The minimum Gasteiger partial charge on any atom is -0.497 e. The first-order valence-electron chi connectivity index (χ1n) is 11.4. The first-order chi connectivity index (χ1) is 15.5. The van der Waals surface area contributed by atoms with Gasteiger partial charge in [-0.05, 0) is 51.9 Å². The van der Waals surface area contributed by atoms with Crippen LogP contribution in [0.4, 0.5) is 0 Å². The van der Waals surface area contributed by atoms with Crippen molar-refractivity contribution in [3.05, 3.63) is 35.9 Å². The summed E-state index contributed by atoms with van der Waals surface area (Å²) in [7, 11) is 3.61. The van der Waals surface area contributed by atoms with Crippen molar-refractivity contribution in [2.45, 2.75) is 52.3 Å². The fourth-order valence-electron chi connectivity index (χ4n) is 3.86. The van der Waals surface area contributed by atoms with Crippen LogP contribution in [0.3, 0.4) is 0 Å². The lowest BCUT2D eigenvalue weighted by Gasteiger charge is -2.24. The lowest BCUT2D eigenvalue weighted by Crippen LogP contribution is -2.46. The SMILES string of the molecule is CCN1CCCC1CNC(=NCc1nnc(C)n1C)NCC(C)Oc1cccc(OC)c1. The van der Waals surface area contributed by atoms with Gasteiger partial charge in [0.25, 0.3) is 0 Å². The Labute approximate surface area is 191 Å². The number of nitrogens with zero attached hydrogens (tertiary/aromatic N) is 5. The van der Waals surface area contributed by atoms with Gasteiger partial charge in [-0.3, -0.25) is 4.90 Å². The lowest BCUT2D eigenvalue weighted by atomic mass is 10.2. The molecule has 1 aliphatic rings. The Morgan fingerprint density at radius 3 is 2.81 bits per heavy atom. The summed E-state index contributed by atoms with van der Waals surface area (Å²) in [6.07, 6.45) is 2.42. The van der Waals surface area contributed by atoms with E-state index < -0.39 is 0 Å². The van der Waals surface area contributed by atoms with E-state index in [0.29, 0.717) is 19.1 Å². The molecule has 1 saturated heterocycles. The van der Waals surface area contributed by atoms with Crippen LogP contribution in [-0.2, 0) is 13.6 Å². The number of benzene rings is 1. The zero-order valence-electron chi connectivity index (χ0n) is 20.0. The van der Waals surface area contributed by atoms with Gasteiger partial charge in [0.15, 0.2) is 11.8 Å². The Morgan fingerprint density at radius 2 is 2.09 bits per heavy atom. The molecule has 2 aromatic rings. The van der Waals surface area contributed by atoms with Crippen LogP contribution in [0.25, 0.3) is 0 Å². The summed E-state index contributed by atoms with van der Waals surface area (Å²) in [5, 5.41) is 15.3. The van der Waals surface area contributed by atoms with Crippen LogP contribution < -0.4 is 20.1 Å². The molecule has 1 aromatic carbocycles. The lowest BCUT2D eigenvalue weighted by molar-refractivity contribution is 0.222. The van der Waals surface area contributed by atoms with Gasteiger partial charge in [-0.1, -0.05) is 13.0 Å². The third kappa shape index (κ3) is 6.59. The third-order valence-corrected chi connectivity index (χ3v) is 5.91. The highest BCUT2D eigenvalue weighted by atomic mass is 16.5. The molecular formula is C23H37N7O2. The standard InChI is InChI=1S/C23H37N7O2/c1-6-30-12-8-9-19(30)15-25-23(26-16-22-28-27-18(3)29(22)4)24-14-17(2)32-21-11-7-10-20(13-21)31-5/h7,10-11,13,17,19H,6,8-9,12,14-16H2,1-5H3,(H2,24,25,26). The molecule has 32 heavy (non-hydrogen) atoms. The second kappa shape index (κ2) is 11.7. The minimum atomic E-state index is -0.0511. The summed E-state index contributed by atoms with van der Waals surface area (Å²) in [5.41, 5.74) is 0. The first-order valence-corrected chi connectivity index (χ1v) is 11.4. The van der Waals surface area contributed by atoms with Gasteiger partial charge >= 0.3 is 0 Å². The van der Waals surface area contributed by atoms with E-state index in [1.54, 1.807) is 7.11 Å². The van der Waals surface area contributed by atoms with Gasteiger partial charge < -0.3 is 24.7 Å². The summed E-state index contributed by atoms with van der Waals surface area (Å²) in [6.45, 7) is 10.4. The molecule has 1 fully saturated rings. The molecule has 0 amide bonds. The zero-order chi connectivity index (χ0) is 22.9. The van der Waals surface area contributed by atoms with Crippen molar-refractivity contribution in [1.82, 2.24) is 30.3 Å². The Morgan fingerprint density at radius 1 is 1.28 bits per heavy atom. The highest BCUT2D eigenvalue weighted by molar-refractivity contribution is 5.79. The van der Waals surface area contributed by atoms with E-state index in [-0.39, 0.29) is 6.10 Å². The number of rotatable bonds is 10. The summed E-state index contributed by atoms with van der Waals surface area (Å²) in [4.78, 5) is 7.28. The number of ether oxygens (including phenoxy) is 2. The van der Waals surface area contributed by atoms with Crippen LogP contribution in [0.1, 0.15) is 38.3 Å². The average molecular weight is 444 g/mol. The second-order valence-corrected chi connectivity index (χ2v) is 8.18. The molecule has 0 aliphatic carbocycles. The largest absolute Gasteiger partial charge is 0.497 e. The number of likely N-dealkylation sites (N-methyl/N-ethyl adjacent to an activating group) is 1. The molecule has 0 saturated carbocycles. The molecular weight excluding hydrogens is 406 g/mol. The monoisotopic (exact) mass is 443 g/mol. The van der Waals surface area contributed by atoms with Gasteiger partial charge in [0.1, 0.15) is 30.0 Å². The van der Waals surface area contributed by atoms with Crippen molar-refractivity contribution in [1.29, 1.82) is 0 Å². The van der Waals surface area contributed by atoms with Crippen molar-refractivity contribution in [2.24, 2.45) is 12.0 Å². The Balaban J connectivity index is 1.60. The van der Waals surface area contributed by atoms with E-state index in [9.17, 15) is 0 Å². The average Bonchev–Trinajstić information content (AvgIpc) is 3.39. The van der Waals surface area contributed by atoms with Gasteiger partial charge in [-0.15, -0.1) is 10.2 Å². The number of nitrogens with one attached hydrogen (secondary N) is 2. The van der Waals surface area contributed by atoms with Gasteiger partial charge in [0, 0.05) is 25.7 Å². The molecule has 0 radical (unpaired) electrons. The fourth-order valence-corrected chi connectivity index (χ4v) is 3.86. The van der Waals surface area contributed by atoms with E-state index in [4.69, 9.17) is 14.5 Å². The van der Waals surface area contributed by atoms with E-state index >= 15 is 0 Å². The highest BCUT2D eigenvalue weighted by Crippen LogP contribution is 2.20. The topological polar surface area (TPSA) is 88.8 Å². The number of hydrogen-bond acceptors (Lipinski definition) is 6. The molecule has 2 unspecified atom stereocenters. The van der Waals surface area contributed by atoms with E-state index in [2.05, 4.69) is 32.7 Å². The predicted molar refractivity (Wildman–Crippen MR) is 126 cm³/mol. The second-order valence-electron chi connectivity index (χ2n) is 8.18. The summed E-state index contributed by atoms with van der Waals surface area (Å²) >= 11 is 0. The molecule has 2 heterocycles. The molecule has 2 atom stereocenters. The summed E-state index contributed by atoms with van der Waals surface area (Å²) < 4.78 is 13.3. The third-order valence-electron chi connectivity index (χ3n) is 5.91. The van der Waals surface area contributed by atoms with Crippen LogP contribution >= 0.6 is 0 Å². The highest BCUT2D eigenvalue weighted by Gasteiger charge is 2.23. The fraction of sp³-hybridized carbons (Fsp3) is 0.609. The molecule has 3 rings (SSSR count). The minimum absolute atomic E-state index is 0.0511. The van der Waals surface area contributed by atoms with Crippen molar-refractivity contribution < 1.29 is 9.47 Å². The van der Waals surface area contributed by atoms with Crippen molar-refractivity contribution in [3.8, 4) is 11.5 Å². The van der Waals surface area contributed by atoms with Crippen LogP contribution in [0.15, 0.2) is 29.3 Å². The van der Waals surface area contributed by atoms with Crippen molar-refractivity contribution >= 4 is 5.96 Å². The van der Waals surface area contributed by atoms with Gasteiger partial charge in [0.2, 0.25) is 0 Å². The molecule has 176 valence electrons. The first kappa shape index (κ1) is 23.8. The molecule has 1 aromatic heterocycles. The molecule has 0 spiro atoms. The number of aliphatic imine (C=N–C) groups is 1. The van der Waals surface area contributed by atoms with E-state index in [1.807, 2.05) is 49.7 Å². The summed E-state index contributed by atoms with van der Waals surface area (Å²) in [5.74, 6) is 4.03. The zero-order valence-corrected chi connectivity index (χ0v) is 20.0. The quantitative estimate of drug-likeness (QED) is 0.429. The van der Waals surface area contributed by atoms with E-state index in [0.717, 1.165) is 42.2 Å². The van der Waals surface area contributed by atoms with Crippen LogP contribution in [0, 0.1) is 6.92 Å². The normalized spacial score (nSPS) is 17.9. The number of likely N-dealkylation sites (tertiary alicyclic amines) is 1. The Bertz CT molecular complexity index is 883. The maximum atomic E-state index is 6.04. The van der Waals surface area contributed by atoms with E-state index in [1.165, 1.54) is 19.4 Å². The number of guanidine groups is 1. The Kier molecular flexibility index (Phi) is 8.72. The molecule has 9 heteroatoms. The van der Waals surface area contributed by atoms with Crippen molar-refractivity contribution in [3.63, 3.8) is 0 Å². The predicted octanol–water partition coefficient (Wildman–Crippen LogP) is 2.12. The molecule has 9 nitrogen and oxygen atoms in total. The Hall–Kier alpha value is -2.81. The number of aromatic nitrogens is 3. The number of aryl methyl sites for hydroxylation is 1. The van der Waals surface area contributed by atoms with Gasteiger partial charge in [-0.2, -0.15) is 0 Å². The van der Waals surface area contributed by atoms with Gasteiger partial charge in [-0.25, -0.2) is 4.99 Å². The molecule has 2 N–H and O–H groups in total. The van der Waals surface area contributed by atoms with Crippen molar-refractivity contribution in [2.75, 3.05) is 33.3 Å². The maximum absolute atomic E-state index is 6.04. The van der Waals surface area contributed by atoms with Crippen LogP contribution in [0.2, 0.25) is 0 Å². The molecule has 1 aliphatic heterocycles. The summed E-state index contributed by atoms with van der Waals surface area (Å²) in [6, 6.07) is 8.19. The maximum Gasteiger partial charge on any atom is 0.191 e. The van der Waals surface area contributed by atoms with Crippen LogP contribution in [0.5, 0.6) is 11.5 Å². The van der Waals surface area contributed by atoms with Gasteiger partial charge in [0.05, 0.1) is 13.7 Å². The van der Waals surface area contributed by atoms with Crippen LogP contribution in [-0.4, -0.2) is 71.1 Å². The number of hydrogen-bond donors (Lipinski definition) is 2. The smallest absolute Gasteiger partial charge is 0.191 e.